The van der Waals surface area contributed by atoms with E-state index in [1.54, 1.807) is 20.8 Å². The van der Waals surface area contributed by atoms with Gasteiger partial charge in [-0.3, -0.25) is 4.79 Å². The number of carbonyl (C=O) groups excluding carboxylic acids is 2. The topological polar surface area (TPSA) is 80.3 Å². The van der Waals surface area contributed by atoms with Gasteiger partial charge in [0.05, 0.1) is 12.2 Å². The minimum absolute atomic E-state index is 0.175. The second kappa shape index (κ2) is 9.97. The third kappa shape index (κ3) is 6.05. The Bertz CT molecular complexity index is 1130. The summed E-state index contributed by atoms with van der Waals surface area (Å²) < 4.78 is 74.8. The number of carbonyl (C=O) groups is 2. The van der Waals surface area contributed by atoms with E-state index >= 15 is 0 Å². The van der Waals surface area contributed by atoms with Crippen LogP contribution in [-0.2, 0) is 9.53 Å². The van der Waals surface area contributed by atoms with Crippen molar-refractivity contribution >= 4 is 23.4 Å². The van der Waals surface area contributed by atoms with E-state index in [2.05, 4.69) is 15.6 Å². The lowest BCUT2D eigenvalue weighted by Crippen LogP contribution is -2.27. The van der Waals surface area contributed by atoms with Gasteiger partial charge in [0, 0.05) is 23.4 Å². The molecule has 0 radical (unpaired) electrons. The van der Waals surface area contributed by atoms with Gasteiger partial charge in [-0.2, -0.15) is 0 Å². The average Bonchev–Trinajstić information content (AvgIpc) is 2.71. The molecule has 6 nitrogen and oxygen atoms in total. The minimum atomic E-state index is -1.50. The Kier molecular flexibility index (Phi) is 7.78. The molecule has 0 aliphatic rings. The van der Waals surface area contributed by atoms with Crippen LogP contribution in [0, 0.1) is 36.0 Å². The number of ether oxygens (including phenoxy) is 1. The van der Waals surface area contributed by atoms with Gasteiger partial charge in [0.1, 0.15) is 11.4 Å². The van der Waals surface area contributed by atoms with Crippen molar-refractivity contribution in [1.82, 2.24) is 4.98 Å². The minimum Gasteiger partial charge on any atom is -0.462 e. The second-order valence-corrected chi connectivity index (χ2v) is 7.94. The molecular formula is C22H22F5N3O3. The van der Waals surface area contributed by atoms with Crippen LogP contribution in [0.15, 0.2) is 23.9 Å². The first-order valence-corrected chi connectivity index (χ1v) is 9.73. The van der Waals surface area contributed by atoms with E-state index in [-0.39, 0.29) is 12.4 Å². The lowest BCUT2D eigenvalue weighted by Gasteiger charge is -2.22. The molecule has 178 valence electrons. The maximum absolute atomic E-state index is 14.4. The largest absolute Gasteiger partial charge is 0.462 e. The summed E-state index contributed by atoms with van der Waals surface area (Å²) in [6.45, 7) is 7.30. The number of nitrogens with one attached hydrogen (secondary N) is 2. The monoisotopic (exact) mass is 471 g/mol. The van der Waals surface area contributed by atoms with Gasteiger partial charge in [0.25, 0.3) is 0 Å². The maximum atomic E-state index is 14.4. The van der Waals surface area contributed by atoms with Crippen molar-refractivity contribution in [3.05, 3.63) is 64.1 Å². The van der Waals surface area contributed by atoms with Crippen LogP contribution in [0.2, 0.25) is 0 Å². The Morgan fingerprint density at radius 1 is 1.00 bits per heavy atom. The molecule has 0 aliphatic heterocycles. The van der Waals surface area contributed by atoms with Crippen LogP contribution in [0.25, 0.3) is 0 Å². The van der Waals surface area contributed by atoms with Gasteiger partial charge in [-0.05, 0) is 40.7 Å². The third-order valence-corrected chi connectivity index (χ3v) is 4.14. The summed E-state index contributed by atoms with van der Waals surface area (Å²) in [6.07, 6.45) is 0.667. The molecule has 2 rings (SSSR count). The number of ketones is 1. The van der Waals surface area contributed by atoms with E-state index in [4.69, 9.17) is 4.74 Å². The van der Waals surface area contributed by atoms with Crippen LogP contribution in [0.1, 0.15) is 43.6 Å². The van der Waals surface area contributed by atoms with E-state index in [0.29, 0.717) is 18.3 Å². The molecular weight excluding hydrogens is 449 g/mol. The van der Waals surface area contributed by atoms with Crippen molar-refractivity contribution in [2.24, 2.45) is 0 Å². The zero-order valence-corrected chi connectivity index (χ0v) is 18.5. The number of hydrogen-bond acceptors (Lipinski definition) is 6. The molecule has 11 heteroatoms. The highest BCUT2D eigenvalue weighted by Gasteiger charge is 2.27. The Morgan fingerprint density at radius 3 is 2.18 bits per heavy atom. The Balaban J connectivity index is 2.52. The maximum Gasteiger partial charge on any atom is 0.343 e. The molecule has 2 N–H and O–H groups in total. The summed E-state index contributed by atoms with van der Waals surface area (Å²) in [6, 6.07) is 0.830. The molecule has 0 atom stereocenters. The zero-order valence-electron chi connectivity index (χ0n) is 18.5. The molecule has 0 bridgehead atoms. The zero-order chi connectivity index (χ0) is 25.1. The van der Waals surface area contributed by atoms with E-state index in [1.807, 2.05) is 0 Å². The lowest BCUT2D eigenvalue weighted by molar-refractivity contribution is -0.138. The van der Waals surface area contributed by atoms with Crippen LogP contribution in [0.4, 0.5) is 33.6 Å². The molecule has 0 aliphatic carbocycles. The summed E-state index contributed by atoms with van der Waals surface area (Å²) in [4.78, 5) is 28.8. The van der Waals surface area contributed by atoms with Crippen molar-refractivity contribution in [2.75, 3.05) is 17.2 Å². The first-order valence-electron chi connectivity index (χ1n) is 9.73. The van der Waals surface area contributed by atoms with Crippen LogP contribution < -0.4 is 10.6 Å². The highest BCUT2D eigenvalue weighted by molar-refractivity contribution is 6.24. The van der Waals surface area contributed by atoms with Gasteiger partial charge < -0.3 is 15.4 Å². The standard InChI is InChI=1S/C22H22F5N3O3/c1-6-33-21(32)12(18(31)11-7-13(23)17(27)10(2)16(11)26)9-28-19-14(24)8-15(25)20(29-19)30-22(3,4)5/h7-9H,6H2,1-5H3,(H2,28,29,30)/b12-9-. The molecule has 1 heterocycles. The Morgan fingerprint density at radius 2 is 1.61 bits per heavy atom. The second-order valence-electron chi connectivity index (χ2n) is 7.94. The average molecular weight is 471 g/mol. The fourth-order valence-electron chi connectivity index (χ4n) is 2.62. The normalized spacial score (nSPS) is 11.9. The van der Waals surface area contributed by atoms with E-state index in [1.165, 1.54) is 6.92 Å². The predicted octanol–water partition coefficient (Wildman–Crippen LogP) is 5.04. The van der Waals surface area contributed by atoms with Crippen LogP contribution in [0.5, 0.6) is 0 Å². The van der Waals surface area contributed by atoms with Gasteiger partial charge in [0.2, 0.25) is 5.78 Å². The number of aromatic nitrogens is 1. The lowest BCUT2D eigenvalue weighted by atomic mass is 10.0. The summed E-state index contributed by atoms with van der Waals surface area (Å²) in [5.74, 6) is -9.99. The summed E-state index contributed by atoms with van der Waals surface area (Å²) in [7, 11) is 0. The summed E-state index contributed by atoms with van der Waals surface area (Å²) in [5, 5.41) is 4.97. The smallest absolute Gasteiger partial charge is 0.343 e. The Labute approximate surface area is 186 Å². The number of esters is 1. The van der Waals surface area contributed by atoms with Gasteiger partial charge in [-0.1, -0.05) is 0 Å². The number of halogens is 5. The molecule has 33 heavy (non-hydrogen) atoms. The van der Waals surface area contributed by atoms with Gasteiger partial charge in [-0.25, -0.2) is 31.7 Å². The predicted molar refractivity (Wildman–Crippen MR) is 111 cm³/mol. The number of rotatable bonds is 7. The van der Waals surface area contributed by atoms with Crippen molar-refractivity contribution < 1.29 is 36.3 Å². The van der Waals surface area contributed by atoms with E-state index in [9.17, 15) is 31.5 Å². The molecule has 0 saturated carbocycles. The molecule has 0 saturated heterocycles. The molecule has 0 amide bonds. The quantitative estimate of drug-likeness (QED) is 0.112. The van der Waals surface area contributed by atoms with E-state index in [0.717, 1.165) is 6.92 Å². The number of benzene rings is 1. The molecule has 1 aromatic heterocycles. The molecule has 2 aromatic rings. The van der Waals surface area contributed by atoms with Gasteiger partial charge >= 0.3 is 5.97 Å². The molecule has 0 unspecified atom stereocenters. The fraction of sp³-hybridized carbons (Fsp3) is 0.318. The van der Waals surface area contributed by atoms with Crippen molar-refractivity contribution in [3.8, 4) is 0 Å². The van der Waals surface area contributed by atoms with Crippen LogP contribution >= 0.6 is 0 Å². The Hall–Kier alpha value is -3.50. The van der Waals surface area contributed by atoms with Gasteiger partial charge in [-0.15, -0.1) is 0 Å². The fourth-order valence-corrected chi connectivity index (χ4v) is 2.62. The van der Waals surface area contributed by atoms with E-state index < -0.39 is 68.9 Å². The highest BCUT2D eigenvalue weighted by Crippen LogP contribution is 2.24. The summed E-state index contributed by atoms with van der Waals surface area (Å²) in [5.41, 5.74) is -3.18. The number of Topliss-reactive ketones (excluding diaryl/α,β-unsaturated/α-hetero) is 1. The van der Waals surface area contributed by atoms with Crippen molar-refractivity contribution in [2.45, 2.75) is 40.2 Å². The van der Waals surface area contributed by atoms with Crippen LogP contribution in [-0.4, -0.2) is 28.9 Å². The number of pyridine rings is 1. The SMILES string of the molecule is CCOC(=O)/C(=C\Nc1nc(NC(C)(C)C)c(F)cc1F)C(=O)c1cc(F)c(F)c(C)c1F. The van der Waals surface area contributed by atoms with Crippen molar-refractivity contribution in [1.29, 1.82) is 0 Å². The first-order chi connectivity index (χ1) is 15.3. The molecule has 0 fully saturated rings. The highest BCUT2D eigenvalue weighted by atomic mass is 19.2. The number of hydrogen-bond donors (Lipinski definition) is 2. The van der Waals surface area contributed by atoms with Crippen LogP contribution in [0.3, 0.4) is 0 Å². The van der Waals surface area contributed by atoms with Crippen molar-refractivity contribution in [3.63, 3.8) is 0 Å². The van der Waals surface area contributed by atoms with Gasteiger partial charge in [0.15, 0.2) is 34.9 Å². The number of anilines is 2. The molecule has 1 aromatic carbocycles. The first kappa shape index (κ1) is 25.8. The summed E-state index contributed by atoms with van der Waals surface area (Å²) >= 11 is 0. The number of nitrogens with zero attached hydrogens (tertiary/aromatic N) is 1. The third-order valence-electron chi connectivity index (χ3n) is 4.14. The molecule has 0 spiro atoms.